The predicted octanol–water partition coefficient (Wildman–Crippen LogP) is 2.19. The summed E-state index contributed by atoms with van der Waals surface area (Å²) in [6.45, 7) is 3.30. The van der Waals surface area contributed by atoms with E-state index in [9.17, 15) is 4.79 Å². The number of hydrogen-bond acceptors (Lipinski definition) is 1. The van der Waals surface area contributed by atoms with Crippen LogP contribution >= 0.6 is 0 Å². The van der Waals surface area contributed by atoms with Crippen molar-refractivity contribution < 1.29 is 4.79 Å². The standard InChI is InChI=1S/C11H19NO/c1-2-9-6-7-12-10(8-9)4-3-5-11(12)13/h9-10H,2-8H2,1H3. The molecule has 1 amide bonds. The highest BCUT2D eigenvalue weighted by Crippen LogP contribution is 2.31. The van der Waals surface area contributed by atoms with E-state index >= 15 is 0 Å². The number of rotatable bonds is 1. The zero-order chi connectivity index (χ0) is 9.26. The second-order valence-electron chi connectivity index (χ2n) is 4.43. The van der Waals surface area contributed by atoms with Crippen molar-refractivity contribution >= 4 is 5.91 Å². The molecule has 0 aromatic heterocycles. The van der Waals surface area contributed by atoms with Crippen LogP contribution in [0.5, 0.6) is 0 Å². The molecule has 2 nitrogen and oxygen atoms in total. The van der Waals surface area contributed by atoms with Crippen LogP contribution in [0.1, 0.15) is 45.4 Å². The van der Waals surface area contributed by atoms with Gasteiger partial charge in [-0.05, 0) is 31.6 Å². The van der Waals surface area contributed by atoms with E-state index in [1.54, 1.807) is 0 Å². The van der Waals surface area contributed by atoms with Crippen LogP contribution in [0, 0.1) is 5.92 Å². The summed E-state index contributed by atoms with van der Waals surface area (Å²) in [6, 6.07) is 0.597. The van der Waals surface area contributed by atoms with Crippen molar-refractivity contribution in [2.75, 3.05) is 6.54 Å². The van der Waals surface area contributed by atoms with Crippen molar-refractivity contribution in [1.29, 1.82) is 0 Å². The fourth-order valence-corrected chi connectivity index (χ4v) is 2.74. The minimum Gasteiger partial charge on any atom is -0.340 e. The molecular weight excluding hydrogens is 162 g/mol. The van der Waals surface area contributed by atoms with Crippen molar-refractivity contribution in [1.82, 2.24) is 4.90 Å². The summed E-state index contributed by atoms with van der Waals surface area (Å²) >= 11 is 0. The molecule has 0 N–H and O–H groups in total. The normalized spacial score (nSPS) is 34.5. The molecular formula is C11H19NO. The van der Waals surface area contributed by atoms with Crippen LogP contribution < -0.4 is 0 Å². The molecule has 2 aliphatic heterocycles. The molecule has 2 saturated heterocycles. The van der Waals surface area contributed by atoms with Gasteiger partial charge in [-0.1, -0.05) is 13.3 Å². The van der Waals surface area contributed by atoms with Gasteiger partial charge in [0.25, 0.3) is 0 Å². The van der Waals surface area contributed by atoms with E-state index < -0.39 is 0 Å². The SMILES string of the molecule is CCC1CCN2C(=O)CCCC2C1. The molecule has 0 aromatic carbocycles. The minimum absolute atomic E-state index is 0.408. The summed E-state index contributed by atoms with van der Waals surface area (Å²) in [5.74, 6) is 1.29. The molecule has 2 heterocycles. The number of amides is 1. The Balaban J connectivity index is 1.99. The van der Waals surface area contributed by atoms with Crippen molar-refractivity contribution in [3.05, 3.63) is 0 Å². The van der Waals surface area contributed by atoms with Gasteiger partial charge in [-0.3, -0.25) is 4.79 Å². The average molecular weight is 181 g/mol. The fraction of sp³-hybridized carbons (Fsp3) is 0.909. The molecule has 0 aromatic rings. The zero-order valence-electron chi connectivity index (χ0n) is 8.46. The van der Waals surface area contributed by atoms with Gasteiger partial charge in [-0.25, -0.2) is 0 Å². The highest BCUT2D eigenvalue weighted by Gasteiger charge is 2.32. The number of hydrogen-bond donors (Lipinski definition) is 0. The Bertz CT molecular complexity index is 202. The van der Waals surface area contributed by atoms with Crippen molar-refractivity contribution in [2.45, 2.75) is 51.5 Å². The molecule has 0 bridgehead atoms. The van der Waals surface area contributed by atoms with Gasteiger partial charge in [0.1, 0.15) is 0 Å². The number of carbonyl (C=O) groups is 1. The highest BCUT2D eigenvalue weighted by atomic mass is 16.2. The average Bonchev–Trinajstić information content (AvgIpc) is 2.18. The Hall–Kier alpha value is -0.530. The fourth-order valence-electron chi connectivity index (χ4n) is 2.74. The Morgan fingerprint density at radius 2 is 2.31 bits per heavy atom. The maximum Gasteiger partial charge on any atom is 0.222 e. The van der Waals surface area contributed by atoms with E-state index in [0.717, 1.165) is 25.3 Å². The maximum atomic E-state index is 11.5. The summed E-state index contributed by atoms with van der Waals surface area (Å²) in [7, 11) is 0. The molecule has 2 atom stereocenters. The van der Waals surface area contributed by atoms with Gasteiger partial charge in [0.2, 0.25) is 5.91 Å². The molecule has 2 rings (SSSR count). The smallest absolute Gasteiger partial charge is 0.222 e. The summed E-state index contributed by atoms with van der Waals surface area (Å²) in [4.78, 5) is 13.7. The Labute approximate surface area is 80.3 Å². The van der Waals surface area contributed by atoms with E-state index in [1.807, 2.05) is 0 Å². The van der Waals surface area contributed by atoms with E-state index in [1.165, 1.54) is 25.7 Å². The number of fused-ring (bicyclic) bond motifs is 1. The number of piperidine rings is 2. The highest BCUT2D eigenvalue weighted by molar-refractivity contribution is 5.77. The lowest BCUT2D eigenvalue weighted by Crippen LogP contribution is -2.48. The first-order valence-electron chi connectivity index (χ1n) is 5.60. The molecule has 2 aliphatic rings. The van der Waals surface area contributed by atoms with Crippen LogP contribution in [-0.4, -0.2) is 23.4 Å². The minimum atomic E-state index is 0.408. The van der Waals surface area contributed by atoms with Crippen molar-refractivity contribution in [3.8, 4) is 0 Å². The second kappa shape index (κ2) is 3.69. The van der Waals surface area contributed by atoms with E-state index in [2.05, 4.69) is 11.8 Å². The van der Waals surface area contributed by atoms with E-state index in [-0.39, 0.29) is 0 Å². The topological polar surface area (TPSA) is 20.3 Å². The molecule has 2 fully saturated rings. The summed E-state index contributed by atoms with van der Waals surface area (Å²) in [5.41, 5.74) is 0. The monoisotopic (exact) mass is 181 g/mol. The van der Waals surface area contributed by atoms with Crippen LogP contribution in [-0.2, 0) is 4.79 Å². The lowest BCUT2D eigenvalue weighted by molar-refractivity contribution is -0.138. The van der Waals surface area contributed by atoms with Gasteiger partial charge < -0.3 is 4.90 Å². The van der Waals surface area contributed by atoms with Crippen LogP contribution in [0.3, 0.4) is 0 Å². The van der Waals surface area contributed by atoms with E-state index in [4.69, 9.17) is 0 Å². The Morgan fingerprint density at radius 3 is 3.08 bits per heavy atom. The molecule has 74 valence electrons. The van der Waals surface area contributed by atoms with Gasteiger partial charge >= 0.3 is 0 Å². The Kier molecular flexibility index (Phi) is 2.56. The predicted molar refractivity (Wildman–Crippen MR) is 52.4 cm³/mol. The van der Waals surface area contributed by atoms with Gasteiger partial charge in [-0.15, -0.1) is 0 Å². The van der Waals surface area contributed by atoms with Gasteiger partial charge in [0, 0.05) is 19.0 Å². The summed E-state index contributed by atoms with van der Waals surface area (Å²) < 4.78 is 0. The quantitative estimate of drug-likeness (QED) is 0.607. The molecule has 0 aliphatic carbocycles. The molecule has 0 radical (unpaired) electrons. The molecule has 0 spiro atoms. The number of carbonyl (C=O) groups excluding carboxylic acids is 1. The third-order valence-electron chi connectivity index (χ3n) is 3.65. The third kappa shape index (κ3) is 1.72. The molecule has 2 heteroatoms. The summed E-state index contributed by atoms with van der Waals surface area (Å²) in [6.07, 6.45) is 6.96. The first-order valence-corrected chi connectivity index (χ1v) is 5.60. The second-order valence-corrected chi connectivity index (χ2v) is 4.43. The number of nitrogens with zero attached hydrogens (tertiary/aromatic N) is 1. The summed E-state index contributed by atoms with van der Waals surface area (Å²) in [5, 5.41) is 0. The zero-order valence-corrected chi connectivity index (χ0v) is 8.46. The van der Waals surface area contributed by atoms with Gasteiger partial charge in [0.15, 0.2) is 0 Å². The van der Waals surface area contributed by atoms with Crippen molar-refractivity contribution in [3.63, 3.8) is 0 Å². The van der Waals surface area contributed by atoms with Crippen LogP contribution in [0.4, 0.5) is 0 Å². The van der Waals surface area contributed by atoms with E-state index in [0.29, 0.717) is 11.9 Å². The lowest BCUT2D eigenvalue weighted by atomic mass is 9.84. The van der Waals surface area contributed by atoms with Crippen LogP contribution in [0.2, 0.25) is 0 Å². The molecule has 2 unspecified atom stereocenters. The first-order chi connectivity index (χ1) is 6.31. The lowest BCUT2D eigenvalue weighted by Gasteiger charge is -2.42. The van der Waals surface area contributed by atoms with Crippen molar-refractivity contribution in [2.24, 2.45) is 5.92 Å². The van der Waals surface area contributed by atoms with Gasteiger partial charge in [0.05, 0.1) is 0 Å². The maximum absolute atomic E-state index is 11.5. The van der Waals surface area contributed by atoms with Crippen LogP contribution in [0.15, 0.2) is 0 Å². The molecule has 13 heavy (non-hydrogen) atoms. The van der Waals surface area contributed by atoms with Gasteiger partial charge in [-0.2, -0.15) is 0 Å². The largest absolute Gasteiger partial charge is 0.340 e. The Morgan fingerprint density at radius 1 is 1.46 bits per heavy atom. The first kappa shape index (κ1) is 9.04. The molecule has 0 saturated carbocycles. The third-order valence-corrected chi connectivity index (χ3v) is 3.65. The van der Waals surface area contributed by atoms with Crippen LogP contribution in [0.25, 0.3) is 0 Å².